The number of nitrogen functional groups attached to an aromatic ring is 1. The lowest BCUT2D eigenvalue weighted by molar-refractivity contribution is 0.813. The zero-order valence-corrected chi connectivity index (χ0v) is 5.13. The van der Waals surface area contributed by atoms with Crippen LogP contribution in [0.25, 0.3) is 0 Å². The van der Waals surface area contributed by atoms with E-state index in [0.717, 1.165) is 12.4 Å². The molecule has 10 heavy (non-hydrogen) atoms. The molecule has 3 heteroatoms. The summed E-state index contributed by atoms with van der Waals surface area (Å²) in [5, 5.41) is 0. The first-order valence-corrected chi connectivity index (χ1v) is 2.58. The predicted molar refractivity (Wildman–Crippen MR) is 40.5 cm³/mol. The lowest BCUT2D eigenvalue weighted by atomic mass is 10.1. The monoisotopic (exact) mass is 144 g/mol. The molecular weight excluding hydrogens is 126 g/mol. The van der Waals surface area contributed by atoms with Crippen LogP contribution in [0.5, 0.6) is 0 Å². The Bertz CT molecular complexity index is 379. The van der Waals surface area contributed by atoms with Gasteiger partial charge in [0.1, 0.15) is 5.82 Å². The van der Waals surface area contributed by atoms with Gasteiger partial charge in [0, 0.05) is 9.60 Å². The summed E-state index contributed by atoms with van der Waals surface area (Å²) in [6, 6.07) is 0. The minimum absolute atomic E-state index is 0.0205. The van der Waals surface area contributed by atoms with Crippen LogP contribution in [0.2, 0.25) is 0 Å². The van der Waals surface area contributed by atoms with Gasteiger partial charge in [-0.3, -0.25) is 4.98 Å². The fourth-order valence-corrected chi connectivity index (χ4v) is 0.467. The minimum Gasteiger partial charge on any atom is -0.382 e. The van der Waals surface area contributed by atoms with Crippen molar-refractivity contribution in [3.05, 3.63) is 18.1 Å². The molecule has 0 spiro atoms. The SMILES string of the molecule is [2H]C([2H])([2H])C([2H])(c1cnc(N)cn1)C([2H])([2H])[2H]. The van der Waals surface area contributed by atoms with Crippen LogP contribution >= 0.6 is 0 Å². The summed E-state index contributed by atoms with van der Waals surface area (Å²) in [6.07, 6.45) is 1.93. The smallest absolute Gasteiger partial charge is 0.141 e. The molecule has 0 saturated carbocycles. The first-order chi connectivity index (χ1) is 7.50. The summed E-state index contributed by atoms with van der Waals surface area (Å²) in [5.74, 6) is -2.80. The van der Waals surface area contributed by atoms with E-state index in [9.17, 15) is 0 Å². The van der Waals surface area contributed by atoms with E-state index in [2.05, 4.69) is 9.97 Å². The lowest BCUT2D eigenvalue weighted by Gasteiger charge is -2.01. The zero-order valence-electron chi connectivity index (χ0n) is 12.1. The largest absolute Gasteiger partial charge is 0.382 e. The molecule has 0 fully saturated rings. The number of hydrogen-bond donors (Lipinski definition) is 1. The van der Waals surface area contributed by atoms with Crippen LogP contribution in [0, 0.1) is 0 Å². The molecule has 0 unspecified atom stereocenters. The van der Waals surface area contributed by atoms with E-state index >= 15 is 0 Å². The maximum atomic E-state index is 7.77. The topological polar surface area (TPSA) is 51.8 Å². The predicted octanol–water partition coefficient (Wildman–Crippen LogP) is 1.18. The third-order valence-electron chi connectivity index (χ3n) is 0.928. The van der Waals surface area contributed by atoms with E-state index in [-0.39, 0.29) is 5.82 Å². The van der Waals surface area contributed by atoms with Crippen molar-refractivity contribution in [2.45, 2.75) is 19.6 Å². The second-order valence-corrected chi connectivity index (χ2v) is 1.70. The summed E-state index contributed by atoms with van der Waals surface area (Å²) >= 11 is 0. The van der Waals surface area contributed by atoms with E-state index in [1.54, 1.807) is 0 Å². The molecule has 1 rings (SSSR count). The van der Waals surface area contributed by atoms with Crippen LogP contribution in [-0.2, 0) is 0 Å². The van der Waals surface area contributed by atoms with Crippen LogP contribution in [0.4, 0.5) is 5.82 Å². The third-order valence-corrected chi connectivity index (χ3v) is 0.928. The number of anilines is 1. The summed E-state index contributed by atoms with van der Waals surface area (Å²) in [5.41, 5.74) is 4.82. The highest BCUT2D eigenvalue weighted by Gasteiger charge is 1.98. The van der Waals surface area contributed by atoms with Crippen LogP contribution < -0.4 is 5.73 Å². The number of nitrogens with two attached hydrogens (primary N) is 1. The molecule has 0 bridgehead atoms. The molecule has 2 N–H and O–H groups in total. The van der Waals surface area contributed by atoms with Crippen molar-refractivity contribution < 1.29 is 9.60 Å². The molecule has 3 nitrogen and oxygen atoms in total. The molecule has 0 aliphatic rings. The van der Waals surface area contributed by atoms with Crippen LogP contribution in [-0.4, -0.2) is 9.97 Å². The van der Waals surface area contributed by atoms with Crippen molar-refractivity contribution in [2.24, 2.45) is 0 Å². The highest BCUT2D eigenvalue weighted by molar-refractivity contribution is 5.23. The van der Waals surface area contributed by atoms with Crippen molar-refractivity contribution in [2.75, 3.05) is 5.73 Å². The fraction of sp³-hybridized carbons (Fsp3) is 0.429. The van der Waals surface area contributed by atoms with Gasteiger partial charge in [-0.2, -0.15) is 0 Å². The molecule has 0 saturated heterocycles. The van der Waals surface area contributed by atoms with Gasteiger partial charge < -0.3 is 5.73 Å². The molecule has 1 aromatic rings. The average Bonchev–Trinajstić information content (AvgIpc) is 2.14. The Morgan fingerprint density at radius 2 is 2.40 bits per heavy atom. The Hall–Kier alpha value is -1.12. The van der Waals surface area contributed by atoms with Gasteiger partial charge in [0.15, 0.2) is 0 Å². The summed E-state index contributed by atoms with van der Waals surface area (Å²) in [6.45, 7) is -6.11. The normalized spacial score (nSPS) is 24.2. The van der Waals surface area contributed by atoms with Crippen molar-refractivity contribution in [3.8, 4) is 0 Å². The zero-order chi connectivity index (χ0) is 13.5. The van der Waals surface area contributed by atoms with Crippen molar-refractivity contribution >= 4 is 5.82 Å². The van der Waals surface area contributed by atoms with Crippen LogP contribution in [0.1, 0.15) is 34.9 Å². The summed E-state index contributed by atoms with van der Waals surface area (Å²) < 4.78 is 51.1. The van der Waals surface area contributed by atoms with E-state index in [1.807, 2.05) is 0 Å². The summed E-state index contributed by atoms with van der Waals surface area (Å²) in [4.78, 5) is 7.16. The van der Waals surface area contributed by atoms with Crippen molar-refractivity contribution in [1.29, 1.82) is 0 Å². The number of hydrogen-bond acceptors (Lipinski definition) is 3. The number of nitrogens with zero attached hydrogens (tertiary/aromatic N) is 2. The van der Waals surface area contributed by atoms with E-state index in [4.69, 9.17) is 15.3 Å². The minimum atomic E-state index is -3.05. The van der Waals surface area contributed by atoms with E-state index < -0.39 is 25.3 Å². The molecule has 1 aromatic heterocycles. The van der Waals surface area contributed by atoms with E-state index in [1.165, 1.54) is 0 Å². The number of rotatable bonds is 1. The van der Waals surface area contributed by atoms with Crippen molar-refractivity contribution in [3.63, 3.8) is 0 Å². The Labute approximate surface area is 70.1 Å². The molecule has 54 valence electrons. The maximum Gasteiger partial charge on any atom is 0.141 e. The highest BCUT2D eigenvalue weighted by atomic mass is 14.9. The molecule has 0 radical (unpaired) electrons. The second kappa shape index (κ2) is 2.64. The average molecular weight is 144 g/mol. The van der Waals surface area contributed by atoms with Gasteiger partial charge in [-0.1, -0.05) is 13.7 Å². The highest BCUT2D eigenvalue weighted by Crippen LogP contribution is 2.08. The maximum absolute atomic E-state index is 7.77. The lowest BCUT2D eigenvalue weighted by Crippen LogP contribution is -1.96. The molecule has 0 amide bonds. The first kappa shape index (κ1) is 2.19. The Kier molecular flexibility index (Phi) is 0.578. The van der Waals surface area contributed by atoms with Crippen LogP contribution in [0.15, 0.2) is 12.4 Å². The van der Waals surface area contributed by atoms with Gasteiger partial charge in [-0.05, 0) is 5.89 Å². The number of aromatic nitrogens is 2. The third kappa shape index (κ3) is 1.43. The summed E-state index contributed by atoms with van der Waals surface area (Å²) in [7, 11) is 0. The molecule has 0 aliphatic heterocycles. The molecule has 0 atom stereocenters. The molecule has 1 heterocycles. The quantitative estimate of drug-likeness (QED) is 0.644. The van der Waals surface area contributed by atoms with Gasteiger partial charge in [-0.25, -0.2) is 4.98 Å². The van der Waals surface area contributed by atoms with Gasteiger partial charge in [0.2, 0.25) is 0 Å². The molecule has 0 aliphatic carbocycles. The van der Waals surface area contributed by atoms with Crippen molar-refractivity contribution in [1.82, 2.24) is 9.97 Å². The second-order valence-electron chi connectivity index (χ2n) is 1.70. The first-order valence-electron chi connectivity index (χ1n) is 6.08. The Morgan fingerprint density at radius 1 is 1.60 bits per heavy atom. The van der Waals surface area contributed by atoms with Crippen LogP contribution in [0.3, 0.4) is 0 Å². The van der Waals surface area contributed by atoms with Gasteiger partial charge in [0.05, 0.1) is 18.1 Å². The van der Waals surface area contributed by atoms with Gasteiger partial charge in [-0.15, -0.1) is 0 Å². The molecule has 0 aromatic carbocycles. The van der Waals surface area contributed by atoms with Gasteiger partial charge >= 0.3 is 0 Å². The standard InChI is InChI=1S/C7H11N3/c1-5(2)6-3-10-7(8)4-9-6/h3-5H,1-2H3,(H2,8,10)/i1D3,2D3,5D. The Morgan fingerprint density at radius 3 is 2.90 bits per heavy atom. The van der Waals surface area contributed by atoms with E-state index in [0.29, 0.717) is 0 Å². The van der Waals surface area contributed by atoms with Gasteiger partial charge in [0.25, 0.3) is 0 Å². The molecular formula is C7H11N3. The Balaban J connectivity index is 3.41. The fourth-order valence-electron chi connectivity index (χ4n) is 0.467.